The number of aliphatic hydroxyl groups is 1. The van der Waals surface area contributed by atoms with Crippen LogP contribution in [0.25, 0.3) is 11.3 Å². The van der Waals surface area contributed by atoms with Gasteiger partial charge in [0.05, 0.1) is 16.1 Å². The molecule has 2 heterocycles. The van der Waals surface area contributed by atoms with E-state index in [1.807, 2.05) is 0 Å². The van der Waals surface area contributed by atoms with Gasteiger partial charge in [-0.1, -0.05) is 35.3 Å². The molecule has 0 spiro atoms. The Balaban J connectivity index is 1.99. The van der Waals surface area contributed by atoms with Crippen molar-refractivity contribution in [3.05, 3.63) is 28.2 Å². The van der Waals surface area contributed by atoms with E-state index in [9.17, 15) is 15.0 Å². The maximum Gasteiger partial charge on any atom is 0.326 e. The molecule has 0 amide bonds. The van der Waals surface area contributed by atoms with Crippen LogP contribution >= 0.6 is 23.2 Å². The Morgan fingerprint density at radius 3 is 2.75 bits per heavy atom. The normalized spacial score (nSPS) is 20.4. The number of carboxylic acids is 1. The number of hydrogen-bond donors (Lipinski definition) is 3. The highest BCUT2D eigenvalue weighted by atomic mass is 35.5. The number of anilines is 2. The highest BCUT2D eigenvalue weighted by Crippen LogP contribution is 2.35. The second kappa shape index (κ2) is 6.39. The van der Waals surface area contributed by atoms with Gasteiger partial charge in [0.1, 0.15) is 11.7 Å². The molecule has 3 rings (SSSR count). The Labute approximate surface area is 146 Å². The Hall–Kier alpha value is -2.16. The summed E-state index contributed by atoms with van der Waals surface area (Å²) in [6.07, 6.45) is -0.696. The first kappa shape index (κ1) is 16.7. The van der Waals surface area contributed by atoms with E-state index in [0.717, 1.165) is 0 Å². The van der Waals surface area contributed by atoms with E-state index >= 15 is 0 Å². The highest BCUT2D eigenvalue weighted by molar-refractivity contribution is 6.43. The SMILES string of the molecule is Nc1nc(N2CC(O)CC2C(=O)O)nnc1-c1cccc(Cl)c1Cl. The molecular formula is C14H13Cl2N5O3. The van der Waals surface area contributed by atoms with Crippen molar-refractivity contribution in [2.45, 2.75) is 18.6 Å². The number of aromatic nitrogens is 3. The molecule has 2 unspecified atom stereocenters. The van der Waals surface area contributed by atoms with Crippen molar-refractivity contribution in [1.82, 2.24) is 15.2 Å². The van der Waals surface area contributed by atoms with Crippen molar-refractivity contribution in [2.75, 3.05) is 17.2 Å². The van der Waals surface area contributed by atoms with E-state index in [0.29, 0.717) is 10.6 Å². The van der Waals surface area contributed by atoms with Crippen molar-refractivity contribution in [3.63, 3.8) is 0 Å². The summed E-state index contributed by atoms with van der Waals surface area (Å²) in [5.41, 5.74) is 6.67. The summed E-state index contributed by atoms with van der Waals surface area (Å²) in [6, 6.07) is 4.06. The fraction of sp³-hybridized carbons (Fsp3) is 0.286. The van der Waals surface area contributed by atoms with E-state index in [2.05, 4.69) is 15.2 Å². The first-order valence-corrected chi connectivity index (χ1v) is 7.76. The lowest BCUT2D eigenvalue weighted by molar-refractivity contribution is -0.138. The average molecular weight is 370 g/mol. The van der Waals surface area contributed by atoms with Crippen LogP contribution in [-0.4, -0.2) is 50.1 Å². The smallest absolute Gasteiger partial charge is 0.326 e. The molecule has 126 valence electrons. The number of nitrogen functional groups attached to an aromatic ring is 1. The Bertz CT molecular complexity index is 804. The number of rotatable bonds is 3. The van der Waals surface area contributed by atoms with Crippen molar-refractivity contribution in [3.8, 4) is 11.3 Å². The third kappa shape index (κ3) is 2.95. The van der Waals surface area contributed by atoms with Crippen LogP contribution in [0.2, 0.25) is 10.0 Å². The maximum absolute atomic E-state index is 11.3. The van der Waals surface area contributed by atoms with Gasteiger partial charge in [-0.25, -0.2) is 4.79 Å². The van der Waals surface area contributed by atoms with Crippen molar-refractivity contribution in [1.29, 1.82) is 0 Å². The molecule has 0 radical (unpaired) electrons. The van der Waals surface area contributed by atoms with Gasteiger partial charge >= 0.3 is 5.97 Å². The molecule has 2 atom stereocenters. The molecule has 1 aromatic carbocycles. The molecule has 4 N–H and O–H groups in total. The zero-order chi connectivity index (χ0) is 17.4. The molecule has 10 heteroatoms. The lowest BCUT2D eigenvalue weighted by Crippen LogP contribution is -2.37. The predicted molar refractivity (Wildman–Crippen MR) is 89.1 cm³/mol. The number of nitrogens with two attached hydrogens (primary N) is 1. The number of benzene rings is 1. The number of aliphatic hydroxyl groups excluding tert-OH is 1. The minimum absolute atomic E-state index is 0.0368. The summed E-state index contributed by atoms with van der Waals surface area (Å²) in [5, 5.41) is 27.5. The molecule has 24 heavy (non-hydrogen) atoms. The monoisotopic (exact) mass is 369 g/mol. The molecule has 0 saturated carbocycles. The van der Waals surface area contributed by atoms with Crippen molar-refractivity contribution >= 4 is 40.9 Å². The topological polar surface area (TPSA) is 125 Å². The van der Waals surface area contributed by atoms with Gasteiger partial charge in [-0.05, 0) is 6.07 Å². The maximum atomic E-state index is 11.3. The van der Waals surface area contributed by atoms with Gasteiger partial charge in [-0.2, -0.15) is 4.98 Å². The van der Waals surface area contributed by atoms with Gasteiger partial charge in [0.15, 0.2) is 5.82 Å². The zero-order valence-corrected chi connectivity index (χ0v) is 13.7. The minimum atomic E-state index is -1.07. The third-order valence-corrected chi connectivity index (χ3v) is 4.55. The summed E-state index contributed by atoms with van der Waals surface area (Å²) >= 11 is 12.1. The van der Waals surface area contributed by atoms with Gasteiger partial charge in [-0.3, -0.25) is 0 Å². The molecule has 1 aliphatic rings. The number of carboxylic acid groups (broad SMARTS) is 1. The van der Waals surface area contributed by atoms with E-state index in [-0.39, 0.29) is 35.4 Å². The van der Waals surface area contributed by atoms with E-state index in [4.69, 9.17) is 28.9 Å². The standard InChI is InChI=1S/C14H13Cl2N5O3/c15-8-3-1-2-7(10(8)16)11-12(17)18-14(20-19-11)21-5-6(22)4-9(21)13(23)24/h1-3,6,9,22H,4-5H2,(H,23,24)(H2,17,18,20). The second-order valence-corrected chi connectivity index (χ2v) is 6.13. The number of hydrogen-bond acceptors (Lipinski definition) is 7. The van der Waals surface area contributed by atoms with Crippen LogP contribution in [0, 0.1) is 0 Å². The molecular weight excluding hydrogens is 357 g/mol. The molecule has 1 fully saturated rings. The molecule has 1 saturated heterocycles. The second-order valence-electron chi connectivity index (χ2n) is 5.34. The summed E-state index contributed by atoms with van der Waals surface area (Å²) < 4.78 is 0. The van der Waals surface area contributed by atoms with E-state index < -0.39 is 18.1 Å². The van der Waals surface area contributed by atoms with Crippen LogP contribution in [0.1, 0.15) is 6.42 Å². The quantitative estimate of drug-likeness (QED) is 0.741. The highest BCUT2D eigenvalue weighted by Gasteiger charge is 2.38. The van der Waals surface area contributed by atoms with Crippen LogP contribution in [-0.2, 0) is 4.79 Å². The van der Waals surface area contributed by atoms with Gasteiger partial charge in [0.25, 0.3) is 0 Å². The molecule has 1 aromatic heterocycles. The molecule has 0 aliphatic carbocycles. The first-order valence-electron chi connectivity index (χ1n) is 7.00. The largest absolute Gasteiger partial charge is 0.480 e. The average Bonchev–Trinajstić information content (AvgIpc) is 2.93. The van der Waals surface area contributed by atoms with Crippen LogP contribution in [0.4, 0.5) is 11.8 Å². The van der Waals surface area contributed by atoms with Crippen LogP contribution in [0.5, 0.6) is 0 Å². The fourth-order valence-corrected chi connectivity index (χ4v) is 2.99. The van der Waals surface area contributed by atoms with Crippen LogP contribution < -0.4 is 10.6 Å². The predicted octanol–water partition coefficient (Wildman–Crippen LogP) is 1.45. The Morgan fingerprint density at radius 1 is 1.33 bits per heavy atom. The lowest BCUT2D eigenvalue weighted by atomic mass is 10.1. The van der Waals surface area contributed by atoms with Gasteiger partial charge < -0.3 is 20.8 Å². The van der Waals surface area contributed by atoms with E-state index in [1.54, 1.807) is 18.2 Å². The zero-order valence-electron chi connectivity index (χ0n) is 12.2. The van der Waals surface area contributed by atoms with Crippen LogP contribution in [0.15, 0.2) is 18.2 Å². The summed E-state index contributed by atoms with van der Waals surface area (Å²) in [6.45, 7) is 0.0926. The van der Waals surface area contributed by atoms with Crippen molar-refractivity contribution < 1.29 is 15.0 Å². The molecule has 2 aromatic rings. The number of nitrogens with zero attached hydrogens (tertiary/aromatic N) is 4. The summed E-state index contributed by atoms with van der Waals surface area (Å²) in [7, 11) is 0. The number of aliphatic carboxylic acids is 1. The third-order valence-electron chi connectivity index (χ3n) is 3.73. The lowest BCUT2D eigenvalue weighted by Gasteiger charge is -2.20. The fourth-order valence-electron chi connectivity index (χ4n) is 2.60. The van der Waals surface area contributed by atoms with Gasteiger partial charge in [0, 0.05) is 18.5 Å². The minimum Gasteiger partial charge on any atom is -0.480 e. The number of β-amino-alcohol motifs (C(OH)–C–C–N with tert-alkyl or cyclic N) is 1. The van der Waals surface area contributed by atoms with Crippen LogP contribution in [0.3, 0.4) is 0 Å². The number of halogens is 2. The first-order chi connectivity index (χ1) is 11.4. The van der Waals surface area contributed by atoms with Gasteiger partial charge in [-0.15, -0.1) is 10.2 Å². The molecule has 0 bridgehead atoms. The van der Waals surface area contributed by atoms with E-state index in [1.165, 1.54) is 4.90 Å². The summed E-state index contributed by atoms with van der Waals surface area (Å²) in [5.74, 6) is -0.997. The molecule has 1 aliphatic heterocycles. The summed E-state index contributed by atoms with van der Waals surface area (Å²) in [4.78, 5) is 16.8. The molecule has 8 nitrogen and oxygen atoms in total. The Morgan fingerprint density at radius 2 is 2.08 bits per heavy atom. The number of carbonyl (C=O) groups is 1. The van der Waals surface area contributed by atoms with Crippen molar-refractivity contribution in [2.24, 2.45) is 0 Å². The van der Waals surface area contributed by atoms with Gasteiger partial charge in [0.2, 0.25) is 5.95 Å². The Kier molecular flexibility index (Phi) is 4.44.